The monoisotopic (exact) mass is 464 g/mol. The minimum absolute atomic E-state index is 0.164. The number of para-hydroxylation sites is 1. The van der Waals surface area contributed by atoms with Gasteiger partial charge in [0.25, 0.3) is 5.78 Å². The summed E-state index contributed by atoms with van der Waals surface area (Å²) in [7, 11) is 0. The summed E-state index contributed by atoms with van der Waals surface area (Å²) >= 11 is 5.90. The first-order valence-corrected chi connectivity index (χ1v) is 11.0. The molecule has 0 amide bonds. The van der Waals surface area contributed by atoms with Gasteiger partial charge in [0.2, 0.25) is 0 Å². The van der Waals surface area contributed by atoms with Crippen molar-refractivity contribution in [2.75, 3.05) is 19.6 Å². The molecule has 0 saturated carbocycles. The number of nitrogens with zero attached hydrogens (tertiary/aromatic N) is 2. The van der Waals surface area contributed by atoms with Crippen LogP contribution in [0.4, 0.5) is 13.2 Å². The first kappa shape index (κ1) is 22.7. The minimum Gasteiger partial charge on any atom is -0.490 e. The molecule has 0 radical (unpaired) electrons. The number of Topliss-reactive ketones (excluding diaryl/α,β-unsaturated/α-hetero) is 1. The summed E-state index contributed by atoms with van der Waals surface area (Å²) in [5.41, 5.74) is 0.364. The maximum absolute atomic E-state index is 13.0. The van der Waals surface area contributed by atoms with Gasteiger partial charge < -0.3 is 14.2 Å². The van der Waals surface area contributed by atoms with Crippen molar-refractivity contribution >= 4 is 28.3 Å². The molecule has 0 unspecified atom stereocenters. The molecule has 4 rings (SSSR count). The van der Waals surface area contributed by atoms with E-state index in [1.165, 1.54) is 6.20 Å². The van der Waals surface area contributed by atoms with Crippen LogP contribution in [0.5, 0.6) is 5.75 Å². The molecule has 2 aromatic carbocycles. The van der Waals surface area contributed by atoms with Crippen molar-refractivity contribution in [3.63, 3.8) is 0 Å². The molecule has 8 heteroatoms. The average molecular weight is 465 g/mol. The Balaban J connectivity index is 1.31. The molecule has 1 fully saturated rings. The lowest BCUT2D eigenvalue weighted by Gasteiger charge is -2.32. The Bertz CT molecular complexity index is 1070. The van der Waals surface area contributed by atoms with E-state index in [9.17, 15) is 18.0 Å². The number of hydrogen-bond acceptors (Lipinski definition) is 3. The first-order chi connectivity index (χ1) is 15.3. The van der Waals surface area contributed by atoms with E-state index in [0.29, 0.717) is 22.5 Å². The van der Waals surface area contributed by atoms with Gasteiger partial charge in [-0.2, -0.15) is 13.2 Å². The topological polar surface area (TPSA) is 34.5 Å². The van der Waals surface area contributed by atoms with Gasteiger partial charge in [-0.25, -0.2) is 0 Å². The number of ether oxygens (including phenoxy) is 1. The average Bonchev–Trinajstić information content (AvgIpc) is 3.14. The van der Waals surface area contributed by atoms with Crippen molar-refractivity contribution in [3.05, 3.63) is 65.3 Å². The van der Waals surface area contributed by atoms with Crippen LogP contribution < -0.4 is 4.74 Å². The van der Waals surface area contributed by atoms with Crippen LogP contribution in [0.2, 0.25) is 5.02 Å². The normalized spacial score (nSPS) is 15.9. The lowest BCUT2D eigenvalue weighted by molar-refractivity contribution is -0.0884. The molecule has 1 aliphatic heterocycles. The standard InChI is InChI=1S/C24H24ClF3N2O2/c25-17-6-8-18(9-7-17)32-19-10-14-29(15-11-19)12-3-13-30-16-21(23(31)24(26,27)28)20-4-1-2-5-22(20)30/h1-2,4-9,16,19H,3,10-15H2. The third-order valence-electron chi connectivity index (χ3n) is 5.82. The molecule has 4 nitrogen and oxygen atoms in total. The predicted molar refractivity (Wildman–Crippen MR) is 118 cm³/mol. The Labute approximate surface area is 189 Å². The van der Waals surface area contributed by atoms with Gasteiger partial charge in [0.1, 0.15) is 11.9 Å². The number of halogens is 4. The number of alkyl halides is 3. The number of carbonyl (C=O) groups is 1. The van der Waals surface area contributed by atoms with Crippen molar-refractivity contribution in [3.8, 4) is 5.75 Å². The highest BCUT2D eigenvalue weighted by molar-refractivity contribution is 6.30. The zero-order valence-electron chi connectivity index (χ0n) is 17.4. The number of fused-ring (bicyclic) bond motifs is 1. The van der Waals surface area contributed by atoms with Crippen molar-refractivity contribution < 1.29 is 22.7 Å². The van der Waals surface area contributed by atoms with E-state index in [4.69, 9.17) is 16.3 Å². The number of carbonyl (C=O) groups excluding carboxylic acids is 1. The van der Waals surface area contributed by atoms with Crippen molar-refractivity contribution in [1.29, 1.82) is 0 Å². The van der Waals surface area contributed by atoms with Crippen molar-refractivity contribution in [1.82, 2.24) is 9.47 Å². The third-order valence-corrected chi connectivity index (χ3v) is 6.07. The van der Waals surface area contributed by atoms with Gasteiger partial charge in [-0.1, -0.05) is 29.8 Å². The summed E-state index contributed by atoms with van der Waals surface area (Å²) < 4.78 is 46.7. The molecule has 32 heavy (non-hydrogen) atoms. The largest absolute Gasteiger partial charge is 0.490 e. The van der Waals surface area contributed by atoms with Gasteiger partial charge in [0.15, 0.2) is 0 Å². The number of hydrogen-bond donors (Lipinski definition) is 0. The third kappa shape index (κ3) is 5.27. The quantitative estimate of drug-likeness (QED) is 0.404. The Morgan fingerprint density at radius 3 is 2.41 bits per heavy atom. The van der Waals surface area contributed by atoms with E-state index in [-0.39, 0.29) is 11.7 Å². The van der Waals surface area contributed by atoms with Gasteiger partial charge in [0.05, 0.1) is 5.56 Å². The van der Waals surface area contributed by atoms with Crippen LogP contribution in [0.15, 0.2) is 54.7 Å². The predicted octanol–water partition coefficient (Wildman–Crippen LogP) is 5.97. The highest BCUT2D eigenvalue weighted by atomic mass is 35.5. The smallest absolute Gasteiger partial charge is 0.454 e. The van der Waals surface area contributed by atoms with Crippen LogP contribution in [0.3, 0.4) is 0 Å². The molecule has 0 spiro atoms. The number of aromatic nitrogens is 1. The van der Waals surface area contributed by atoms with Gasteiger partial charge in [-0.3, -0.25) is 4.79 Å². The maximum Gasteiger partial charge on any atom is 0.454 e. The van der Waals surface area contributed by atoms with Crippen LogP contribution in [0.1, 0.15) is 29.6 Å². The van der Waals surface area contributed by atoms with Crippen molar-refractivity contribution in [2.24, 2.45) is 0 Å². The van der Waals surface area contributed by atoms with E-state index in [0.717, 1.165) is 44.6 Å². The summed E-state index contributed by atoms with van der Waals surface area (Å²) in [6, 6.07) is 14.1. The Morgan fingerprint density at radius 1 is 1.03 bits per heavy atom. The van der Waals surface area contributed by atoms with E-state index >= 15 is 0 Å². The number of aryl methyl sites for hydroxylation is 1. The Hall–Kier alpha value is -2.51. The summed E-state index contributed by atoms with van der Waals surface area (Å²) in [5, 5.41) is 1.02. The lowest BCUT2D eigenvalue weighted by Crippen LogP contribution is -2.38. The molecule has 1 saturated heterocycles. The van der Waals surface area contributed by atoms with Gasteiger partial charge in [-0.05, 0) is 56.1 Å². The summed E-state index contributed by atoms with van der Waals surface area (Å²) in [5.74, 6) is -0.980. The van der Waals surface area contributed by atoms with Gasteiger partial charge >= 0.3 is 6.18 Å². The number of benzene rings is 2. The number of likely N-dealkylation sites (tertiary alicyclic amines) is 1. The summed E-state index contributed by atoms with van der Waals surface area (Å²) in [6.07, 6.45) is -0.767. The fraction of sp³-hybridized carbons (Fsp3) is 0.375. The molecule has 170 valence electrons. The van der Waals surface area contributed by atoms with Gasteiger partial charge in [0, 0.05) is 41.8 Å². The molecule has 0 N–H and O–H groups in total. The van der Waals surface area contributed by atoms with Crippen LogP contribution in [-0.4, -0.2) is 47.2 Å². The highest BCUT2D eigenvalue weighted by Crippen LogP contribution is 2.29. The van der Waals surface area contributed by atoms with E-state index in [1.807, 2.05) is 24.3 Å². The molecule has 1 aromatic heterocycles. The molecule has 0 bridgehead atoms. The molecule has 1 aliphatic rings. The zero-order valence-corrected chi connectivity index (χ0v) is 18.2. The molecular weight excluding hydrogens is 441 g/mol. The van der Waals surface area contributed by atoms with Gasteiger partial charge in [-0.15, -0.1) is 0 Å². The Kier molecular flexibility index (Phi) is 6.76. The second-order valence-corrected chi connectivity index (χ2v) is 8.48. The fourth-order valence-corrected chi connectivity index (χ4v) is 4.31. The highest BCUT2D eigenvalue weighted by Gasteiger charge is 2.40. The van der Waals surface area contributed by atoms with E-state index in [1.54, 1.807) is 28.8 Å². The van der Waals surface area contributed by atoms with Crippen LogP contribution in [0.25, 0.3) is 10.9 Å². The minimum atomic E-state index is -4.88. The van der Waals surface area contributed by atoms with E-state index < -0.39 is 12.0 Å². The second-order valence-electron chi connectivity index (χ2n) is 8.05. The zero-order chi connectivity index (χ0) is 22.7. The van der Waals surface area contributed by atoms with Crippen LogP contribution >= 0.6 is 11.6 Å². The Morgan fingerprint density at radius 2 is 1.72 bits per heavy atom. The fourth-order valence-electron chi connectivity index (χ4n) is 4.19. The summed E-state index contributed by atoms with van der Waals surface area (Å²) in [4.78, 5) is 14.2. The van der Waals surface area contributed by atoms with Crippen molar-refractivity contribution in [2.45, 2.75) is 38.1 Å². The maximum atomic E-state index is 13.0. The number of ketones is 1. The molecule has 0 atom stereocenters. The number of rotatable bonds is 7. The van der Waals surface area contributed by atoms with E-state index in [2.05, 4.69) is 4.90 Å². The second kappa shape index (κ2) is 9.55. The lowest BCUT2D eigenvalue weighted by atomic mass is 10.1. The summed E-state index contributed by atoms with van der Waals surface area (Å²) in [6.45, 7) is 3.20. The molecule has 2 heterocycles. The first-order valence-electron chi connectivity index (χ1n) is 10.7. The molecular formula is C24H24ClF3N2O2. The van der Waals surface area contributed by atoms with Crippen LogP contribution in [0, 0.1) is 0 Å². The number of piperidine rings is 1. The SMILES string of the molecule is O=C(c1cn(CCCN2CCC(Oc3ccc(Cl)cc3)CC2)c2ccccc12)C(F)(F)F. The van der Waals surface area contributed by atoms with Crippen LogP contribution in [-0.2, 0) is 6.54 Å². The molecule has 0 aliphatic carbocycles. The molecule has 3 aromatic rings.